The number of benzene rings is 1. The molecule has 1 aromatic carbocycles. The first-order valence-corrected chi connectivity index (χ1v) is 4.37. The highest BCUT2D eigenvalue weighted by molar-refractivity contribution is 9.10. The normalized spacial score (nSPS) is 10.1. The number of hydrogen-bond donors (Lipinski definition) is 0. The van der Waals surface area contributed by atoms with Gasteiger partial charge in [-0.1, -0.05) is 24.3 Å². The molecule has 12 heavy (non-hydrogen) atoms. The van der Waals surface area contributed by atoms with E-state index in [2.05, 4.69) is 22.0 Å². The van der Waals surface area contributed by atoms with E-state index in [0.717, 1.165) is 16.0 Å². The molecule has 1 nitrogen and oxygen atoms in total. The standard InChI is InChI=1S/C10H6BrO/c11-10-7-6-9(12-10)8-4-2-1-3-5-8/h2-7H. The highest BCUT2D eigenvalue weighted by Crippen LogP contribution is 2.24. The summed E-state index contributed by atoms with van der Waals surface area (Å²) in [6.07, 6.45) is 0. The van der Waals surface area contributed by atoms with E-state index in [1.807, 2.05) is 36.4 Å². The van der Waals surface area contributed by atoms with Crippen molar-refractivity contribution in [2.45, 2.75) is 0 Å². The average molecular weight is 222 g/mol. The van der Waals surface area contributed by atoms with Crippen LogP contribution in [0.1, 0.15) is 0 Å². The van der Waals surface area contributed by atoms with Crippen LogP contribution in [0.25, 0.3) is 11.3 Å². The lowest BCUT2D eigenvalue weighted by molar-refractivity contribution is 0.556. The van der Waals surface area contributed by atoms with Gasteiger partial charge in [-0.05, 0) is 34.1 Å². The van der Waals surface area contributed by atoms with Crippen LogP contribution in [0.15, 0.2) is 45.5 Å². The summed E-state index contributed by atoms with van der Waals surface area (Å²) in [5, 5.41) is 0. The molecule has 2 aromatic rings. The van der Waals surface area contributed by atoms with Crippen LogP contribution < -0.4 is 0 Å². The fourth-order valence-corrected chi connectivity index (χ4v) is 1.33. The van der Waals surface area contributed by atoms with Crippen molar-refractivity contribution in [1.29, 1.82) is 0 Å². The Bertz CT molecular complexity index is 364. The van der Waals surface area contributed by atoms with E-state index in [1.54, 1.807) is 0 Å². The maximum Gasteiger partial charge on any atom is 0.169 e. The SMILES string of the molecule is Brc1ccc(-c2cc[c]cc2)o1. The quantitative estimate of drug-likeness (QED) is 0.719. The summed E-state index contributed by atoms with van der Waals surface area (Å²) in [4.78, 5) is 0. The van der Waals surface area contributed by atoms with E-state index in [9.17, 15) is 0 Å². The molecule has 59 valence electrons. The fourth-order valence-electron chi connectivity index (χ4n) is 1.02. The molecular formula is C10H6BrO. The Morgan fingerprint density at radius 3 is 2.42 bits per heavy atom. The molecule has 1 heterocycles. The van der Waals surface area contributed by atoms with Crippen molar-refractivity contribution < 1.29 is 4.42 Å². The summed E-state index contributed by atoms with van der Waals surface area (Å²) in [6.45, 7) is 0. The molecule has 0 fully saturated rings. The zero-order valence-corrected chi connectivity index (χ0v) is 7.84. The number of rotatable bonds is 1. The molecule has 0 N–H and O–H groups in total. The lowest BCUT2D eigenvalue weighted by atomic mass is 10.2. The van der Waals surface area contributed by atoms with Gasteiger partial charge in [0.15, 0.2) is 4.67 Å². The van der Waals surface area contributed by atoms with Gasteiger partial charge in [-0.2, -0.15) is 0 Å². The van der Waals surface area contributed by atoms with Gasteiger partial charge in [0.1, 0.15) is 5.76 Å². The third kappa shape index (κ3) is 1.43. The van der Waals surface area contributed by atoms with Crippen LogP contribution in [0.2, 0.25) is 0 Å². The van der Waals surface area contributed by atoms with E-state index in [4.69, 9.17) is 4.42 Å². The third-order valence-electron chi connectivity index (χ3n) is 1.58. The Labute approximate surface area is 79.2 Å². The van der Waals surface area contributed by atoms with Crippen molar-refractivity contribution in [3.05, 3.63) is 47.1 Å². The van der Waals surface area contributed by atoms with Gasteiger partial charge in [0.05, 0.1) is 0 Å². The minimum atomic E-state index is 0.755. The van der Waals surface area contributed by atoms with Crippen LogP contribution in [-0.4, -0.2) is 0 Å². The number of halogens is 1. The van der Waals surface area contributed by atoms with Gasteiger partial charge in [0, 0.05) is 5.56 Å². The van der Waals surface area contributed by atoms with Crippen LogP contribution in [0.4, 0.5) is 0 Å². The van der Waals surface area contributed by atoms with Crippen molar-refractivity contribution in [3.63, 3.8) is 0 Å². The molecule has 0 saturated heterocycles. The van der Waals surface area contributed by atoms with Crippen LogP contribution in [0, 0.1) is 6.07 Å². The Balaban J connectivity index is 2.45. The van der Waals surface area contributed by atoms with Crippen molar-refractivity contribution in [2.75, 3.05) is 0 Å². The zero-order chi connectivity index (χ0) is 8.39. The minimum absolute atomic E-state index is 0.755. The van der Waals surface area contributed by atoms with Gasteiger partial charge >= 0.3 is 0 Å². The van der Waals surface area contributed by atoms with E-state index >= 15 is 0 Å². The van der Waals surface area contributed by atoms with Crippen LogP contribution in [0.3, 0.4) is 0 Å². The Morgan fingerprint density at radius 1 is 1.08 bits per heavy atom. The van der Waals surface area contributed by atoms with Crippen molar-refractivity contribution in [2.24, 2.45) is 0 Å². The molecule has 2 rings (SSSR count). The molecular weight excluding hydrogens is 216 g/mol. The Morgan fingerprint density at radius 2 is 1.83 bits per heavy atom. The molecule has 1 aromatic heterocycles. The topological polar surface area (TPSA) is 13.1 Å². The van der Waals surface area contributed by atoms with Crippen molar-refractivity contribution in [3.8, 4) is 11.3 Å². The molecule has 0 aliphatic rings. The van der Waals surface area contributed by atoms with Gasteiger partial charge in [-0.25, -0.2) is 0 Å². The highest BCUT2D eigenvalue weighted by atomic mass is 79.9. The summed E-state index contributed by atoms with van der Waals surface area (Å²) in [5.74, 6) is 0.871. The summed E-state index contributed by atoms with van der Waals surface area (Å²) in [5.41, 5.74) is 1.07. The first-order valence-electron chi connectivity index (χ1n) is 3.58. The van der Waals surface area contributed by atoms with Gasteiger partial charge in [-0.15, -0.1) is 0 Å². The van der Waals surface area contributed by atoms with Crippen LogP contribution >= 0.6 is 15.9 Å². The Kier molecular flexibility index (Phi) is 2.00. The van der Waals surface area contributed by atoms with E-state index in [1.165, 1.54) is 0 Å². The molecule has 0 bridgehead atoms. The predicted octanol–water partition coefficient (Wildman–Crippen LogP) is 3.51. The minimum Gasteiger partial charge on any atom is -0.449 e. The smallest absolute Gasteiger partial charge is 0.169 e. The second kappa shape index (κ2) is 3.15. The molecule has 1 radical (unpaired) electrons. The average Bonchev–Trinajstić information content (AvgIpc) is 2.54. The largest absolute Gasteiger partial charge is 0.449 e. The van der Waals surface area contributed by atoms with Gasteiger partial charge in [0.25, 0.3) is 0 Å². The second-order valence-electron chi connectivity index (χ2n) is 2.39. The molecule has 0 amide bonds. The first kappa shape index (κ1) is 7.62. The summed E-state index contributed by atoms with van der Waals surface area (Å²) >= 11 is 3.25. The summed E-state index contributed by atoms with van der Waals surface area (Å²) in [6, 6.07) is 14.4. The third-order valence-corrected chi connectivity index (χ3v) is 2.00. The van der Waals surface area contributed by atoms with Crippen LogP contribution in [-0.2, 0) is 0 Å². The lowest BCUT2D eigenvalue weighted by Crippen LogP contribution is -1.69. The molecule has 0 aliphatic heterocycles. The summed E-state index contributed by atoms with van der Waals surface area (Å²) in [7, 11) is 0. The highest BCUT2D eigenvalue weighted by Gasteiger charge is 2.00. The maximum atomic E-state index is 5.37. The molecule has 0 unspecified atom stereocenters. The summed E-state index contributed by atoms with van der Waals surface area (Å²) < 4.78 is 6.13. The van der Waals surface area contributed by atoms with Crippen LogP contribution in [0.5, 0.6) is 0 Å². The number of furan rings is 1. The molecule has 2 heteroatoms. The van der Waals surface area contributed by atoms with Crippen molar-refractivity contribution >= 4 is 15.9 Å². The zero-order valence-electron chi connectivity index (χ0n) is 6.25. The van der Waals surface area contributed by atoms with E-state index in [-0.39, 0.29) is 0 Å². The first-order chi connectivity index (χ1) is 5.86. The second-order valence-corrected chi connectivity index (χ2v) is 3.17. The predicted molar refractivity (Wildman–Crippen MR) is 50.7 cm³/mol. The molecule has 0 saturated carbocycles. The molecule has 0 aliphatic carbocycles. The van der Waals surface area contributed by atoms with E-state index in [0.29, 0.717) is 0 Å². The fraction of sp³-hybridized carbons (Fsp3) is 0. The molecule has 0 atom stereocenters. The number of hydrogen-bond acceptors (Lipinski definition) is 1. The molecule has 0 spiro atoms. The monoisotopic (exact) mass is 221 g/mol. The Hall–Kier alpha value is -1.02. The lowest BCUT2D eigenvalue weighted by Gasteiger charge is -1.93. The van der Waals surface area contributed by atoms with E-state index < -0.39 is 0 Å². The maximum absolute atomic E-state index is 5.37. The van der Waals surface area contributed by atoms with Gasteiger partial charge in [0.2, 0.25) is 0 Å². The van der Waals surface area contributed by atoms with Crippen molar-refractivity contribution in [1.82, 2.24) is 0 Å². The van der Waals surface area contributed by atoms with Gasteiger partial charge in [-0.3, -0.25) is 0 Å². The van der Waals surface area contributed by atoms with Gasteiger partial charge < -0.3 is 4.42 Å².